The quantitative estimate of drug-likeness (QED) is 0.916. The summed E-state index contributed by atoms with van der Waals surface area (Å²) in [5.41, 5.74) is 1.12. The van der Waals surface area contributed by atoms with Crippen molar-refractivity contribution in [1.82, 2.24) is 25.1 Å². The number of thiazole rings is 1. The van der Waals surface area contributed by atoms with Crippen molar-refractivity contribution in [2.24, 2.45) is 0 Å². The molecule has 0 aliphatic carbocycles. The molecule has 1 N–H and O–H groups in total. The van der Waals surface area contributed by atoms with Crippen molar-refractivity contribution >= 4 is 16.5 Å². The van der Waals surface area contributed by atoms with E-state index in [0.29, 0.717) is 6.04 Å². The Labute approximate surface area is 116 Å². The van der Waals surface area contributed by atoms with Gasteiger partial charge >= 0.3 is 0 Å². The van der Waals surface area contributed by atoms with Gasteiger partial charge in [0.2, 0.25) is 0 Å². The van der Waals surface area contributed by atoms with Crippen LogP contribution < -0.4 is 10.2 Å². The molecule has 2 aromatic heterocycles. The highest BCUT2D eigenvalue weighted by Crippen LogP contribution is 2.26. The number of hydrogen-bond donors (Lipinski definition) is 1. The fourth-order valence-corrected chi connectivity index (χ4v) is 3.21. The van der Waals surface area contributed by atoms with Crippen molar-refractivity contribution in [3.05, 3.63) is 23.2 Å². The van der Waals surface area contributed by atoms with Gasteiger partial charge in [-0.1, -0.05) is 6.92 Å². The minimum absolute atomic E-state index is 0.309. The van der Waals surface area contributed by atoms with Crippen molar-refractivity contribution in [2.75, 3.05) is 18.0 Å². The number of aromatic nitrogens is 4. The number of anilines is 1. The van der Waals surface area contributed by atoms with Crippen LogP contribution in [0.3, 0.4) is 0 Å². The van der Waals surface area contributed by atoms with E-state index in [1.165, 1.54) is 0 Å². The lowest BCUT2D eigenvalue weighted by molar-refractivity contribution is 0.555. The summed E-state index contributed by atoms with van der Waals surface area (Å²) in [6.07, 6.45) is 1.80. The maximum absolute atomic E-state index is 4.73. The topological polar surface area (TPSA) is 58.9 Å². The van der Waals surface area contributed by atoms with Gasteiger partial charge in [-0.3, -0.25) is 0 Å². The minimum Gasteiger partial charge on any atom is -0.339 e. The molecule has 0 spiro atoms. The molecule has 7 heteroatoms. The lowest BCUT2D eigenvalue weighted by Crippen LogP contribution is -2.33. The monoisotopic (exact) mass is 278 g/mol. The Hall–Kier alpha value is -1.47. The first-order valence-electron chi connectivity index (χ1n) is 6.58. The van der Waals surface area contributed by atoms with Crippen LogP contribution in [-0.4, -0.2) is 32.8 Å². The number of nitrogens with zero attached hydrogens (tertiary/aromatic N) is 5. The molecule has 6 nitrogen and oxygen atoms in total. The van der Waals surface area contributed by atoms with Gasteiger partial charge in [0.05, 0.1) is 12.2 Å². The van der Waals surface area contributed by atoms with E-state index in [-0.39, 0.29) is 0 Å². The molecule has 3 rings (SSSR count). The van der Waals surface area contributed by atoms with E-state index in [2.05, 4.69) is 44.2 Å². The highest BCUT2D eigenvalue weighted by atomic mass is 32.1. The molecule has 0 aromatic carbocycles. The Bertz CT molecular complexity index is 548. The summed E-state index contributed by atoms with van der Waals surface area (Å²) in [5, 5.41) is 14.7. The maximum atomic E-state index is 4.73. The van der Waals surface area contributed by atoms with Crippen LogP contribution in [0.15, 0.2) is 11.7 Å². The highest BCUT2D eigenvalue weighted by molar-refractivity contribution is 7.13. The van der Waals surface area contributed by atoms with Gasteiger partial charge in [0.15, 0.2) is 11.0 Å². The first-order chi connectivity index (χ1) is 9.28. The second-order valence-electron chi connectivity index (χ2n) is 4.70. The smallest absolute Gasteiger partial charge is 0.186 e. The number of fused-ring (bicyclic) bond motifs is 1. The van der Waals surface area contributed by atoms with Crippen LogP contribution in [0.25, 0.3) is 0 Å². The van der Waals surface area contributed by atoms with E-state index < -0.39 is 0 Å². The predicted octanol–water partition coefficient (Wildman–Crippen LogP) is 1.43. The van der Waals surface area contributed by atoms with Crippen LogP contribution >= 0.6 is 11.3 Å². The summed E-state index contributed by atoms with van der Waals surface area (Å²) in [6.45, 7) is 7.91. The molecule has 1 aliphatic heterocycles. The molecule has 3 heterocycles. The molecule has 0 amide bonds. The summed E-state index contributed by atoms with van der Waals surface area (Å²) in [6, 6.07) is 0.309. The van der Waals surface area contributed by atoms with Gasteiger partial charge in [-0.15, -0.1) is 21.5 Å². The van der Waals surface area contributed by atoms with E-state index >= 15 is 0 Å². The van der Waals surface area contributed by atoms with E-state index in [4.69, 9.17) is 4.98 Å². The van der Waals surface area contributed by atoms with Gasteiger partial charge in [-0.05, 0) is 13.5 Å². The number of hydrogen-bond acceptors (Lipinski definition) is 6. The Kier molecular flexibility index (Phi) is 3.48. The molecule has 2 aromatic rings. The van der Waals surface area contributed by atoms with E-state index in [9.17, 15) is 0 Å². The molecule has 1 aliphatic rings. The van der Waals surface area contributed by atoms with Crippen LogP contribution in [0.4, 0.5) is 5.13 Å². The van der Waals surface area contributed by atoms with Crippen molar-refractivity contribution < 1.29 is 0 Å². The van der Waals surface area contributed by atoms with Gasteiger partial charge in [0.25, 0.3) is 0 Å². The second kappa shape index (κ2) is 5.26. The van der Waals surface area contributed by atoms with Crippen molar-refractivity contribution in [2.45, 2.75) is 33.0 Å². The third-order valence-electron chi connectivity index (χ3n) is 3.37. The van der Waals surface area contributed by atoms with Crippen LogP contribution in [0.1, 0.15) is 31.4 Å². The molecule has 1 unspecified atom stereocenters. The van der Waals surface area contributed by atoms with Crippen molar-refractivity contribution in [1.29, 1.82) is 0 Å². The van der Waals surface area contributed by atoms with Gasteiger partial charge in [-0.25, -0.2) is 4.98 Å². The Morgan fingerprint density at radius 2 is 2.37 bits per heavy atom. The van der Waals surface area contributed by atoms with Gasteiger partial charge in [-0.2, -0.15) is 0 Å². The standard InChI is InChI=1S/C12H18N6S/c1-3-13-9(2)10-7-19-12(15-10)17-4-5-18-8-14-16-11(18)6-17/h7-9,13H,3-6H2,1-2H3. The summed E-state index contributed by atoms with van der Waals surface area (Å²) >= 11 is 1.70. The molecule has 0 bridgehead atoms. The van der Waals surface area contributed by atoms with Gasteiger partial charge in [0, 0.05) is 24.5 Å². The van der Waals surface area contributed by atoms with E-state index in [1.807, 2.05) is 0 Å². The minimum atomic E-state index is 0.309. The van der Waals surface area contributed by atoms with Gasteiger partial charge < -0.3 is 14.8 Å². The molecule has 102 valence electrons. The Morgan fingerprint density at radius 3 is 3.21 bits per heavy atom. The Balaban J connectivity index is 1.74. The Morgan fingerprint density at radius 1 is 1.47 bits per heavy atom. The zero-order valence-corrected chi connectivity index (χ0v) is 12.0. The number of nitrogens with one attached hydrogen (secondary N) is 1. The van der Waals surface area contributed by atoms with Gasteiger partial charge in [0.1, 0.15) is 6.33 Å². The van der Waals surface area contributed by atoms with Crippen molar-refractivity contribution in [3.8, 4) is 0 Å². The molecule has 0 saturated heterocycles. The molecule has 0 saturated carbocycles. The average molecular weight is 278 g/mol. The third-order valence-corrected chi connectivity index (χ3v) is 4.29. The predicted molar refractivity (Wildman–Crippen MR) is 75.3 cm³/mol. The second-order valence-corrected chi connectivity index (χ2v) is 5.53. The molecular formula is C12H18N6S. The van der Waals surface area contributed by atoms with Crippen LogP contribution in [0, 0.1) is 0 Å². The first-order valence-corrected chi connectivity index (χ1v) is 7.46. The highest BCUT2D eigenvalue weighted by Gasteiger charge is 2.20. The molecular weight excluding hydrogens is 260 g/mol. The van der Waals surface area contributed by atoms with E-state index in [1.54, 1.807) is 17.7 Å². The van der Waals surface area contributed by atoms with Crippen molar-refractivity contribution in [3.63, 3.8) is 0 Å². The summed E-state index contributed by atoms with van der Waals surface area (Å²) in [4.78, 5) is 7.01. The average Bonchev–Trinajstić information content (AvgIpc) is 3.07. The molecule has 1 atom stereocenters. The fraction of sp³-hybridized carbons (Fsp3) is 0.583. The lowest BCUT2D eigenvalue weighted by Gasteiger charge is -2.26. The fourth-order valence-electron chi connectivity index (χ4n) is 2.26. The number of rotatable bonds is 4. The first kappa shape index (κ1) is 12.6. The van der Waals surface area contributed by atoms with Crippen LogP contribution in [-0.2, 0) is 13.1 Å². The zero-order chi connectivity index (χ0) is 13.2. The molecule has 0 radical (unpaired) electrons. The molecule has 19 heavy (non-hydrogen) atoms. The lowest BCUT2D eigenvalue weighted by atomic mass is 10.2. The molecule has 0 fully saturated rings. The summed E-state index contributed by atoms with van der Waals surface area (Å²) in [7, 11) is 0. The SMILES string of the molecule is CCNC(C)c1csc(N2CCn3cnnc3C2)n1. The summed E-state index contributed by atoms with van der Waals surface area (Å²) < 4.78 is 2.10. The van der Waals surface area contributed by atoms with E-state index in [0.717, 1.165) is 42.8 Å². The summed E-state index contributed by atoms with van der Waals surface area (Å²) in [5.74, 6) is 1.02. The largest absolute Gasteiger partial charge is 0.339 e. The van der Waals surface area contributed by atoms with Crippen LogP contribution in [0.2, 0.25) is 0 Å². The normalized spacial score (nSPS) is 16.4. The zero-order valence-electron chi connectivity index (χ0n) is 11.2. The van der Waals surface area contributed by atoms with Crippen LogP contribution in [0.5, 0.6) is 0 Å². The maximum Gasteiger partial charge on any atom is 0.186 e. The third kappa shape index (κ3) is 2.48.